The molecule has 0 radical (unpaired) electrons. The maximum Gasteiger partial charge on any atom is 0.309 e. The lowest BCUT2D eigenvalue weighted by atomic mass is 10.0. The molecule has 0 bridgehead atoms. The summed E-state index contributed by atoms with van der Waals surface area (Å²) in [5.74, 6) is -1.33. The number of nitrogens with zero attached hydrogens (tertiary/aromatic N) is 2. The van der Waals surface area contributed by atoms with Crippen LogP contribution in [0.15, 0.2) is 24.3 Å². The number of amides is 1. The minimum Gasteiger partial charge on any atom is -0.481 e. The van der Waals surface area contributed by atoms with E-state index >= 15 is 0 Å². The van der Waals surface area contributed by atoms with Crippen LogP contribution in [0.1, 0.15) is 5.56 Å². The summed E-state index contributed by atoms with van der Waals surface area (Å²) in [4.78, 5) is 24.2. The van der Waals surface area contributed by atoms with Gasteiger partial charge in [-0.15, -0.1) is 0 Å². The van der Waals surface area contributed by atoms with Gasteiger partial charge in [0, 0.05) is 18.8 Å². The summed E-state index contributed by atoms with van der Waals surface area (Å²) < 4.78 is 0. The van der Waals surface area contributed by atoms with Crippen LogP contribution in [0.4, 0.5) is 5.69 Å². The van der Waals surface area contributed by atoms with Gasteiger partial charge in [0.25, 0.3) is 0 Å². The topological polar surface area (TPSA) is 93.4 Å². The molecule has 6 heteroatoms. The van der Waals surface area contributed by atoms with Crippen LogP contribution < -0.4 is 5.32 Å². The molecule has 0 spiro atoms. The summed E-state index contributed by atoms with van der Waals surface area (Å²) in [6, 6.07) is 9.15. The van der Waals surface area contributed by atoms with Crippen molar-refractivity contribution < 1.29 is 14.7 Å². The zero-order chi connectivity index (χ0) is 14.5. The second-order valence-corrected chi connectivity index (χ2v) is 4.81. The van der Waals surface area contributed by atoms with E-state index in [4.69, 9.17) is 10.4 Å². The summed E-state index contributed by atoms with van der Waals surface area (Å²) in [6.45, 7) is 1.04. The van der Waals surface area contributed by atoms with Gasteiger partial charge >= 0.3 is 5.97 Å². The van der Waals surface area contributed by atoms with E-state index in [1.165, 1.54) is 0 Å². The molecule has 1 aliphatic heterocycles. The number of hydrogen-bond donors (Lipinski definition) is 2. The zero-order valence-corrected chi connectivity index (χ0v) is 10.9. The fraction of sp³-hybridized carbons (Fsp3) is 0.357. The van der Waals surface area contributed by atoms with E-state index in [0.29, 0.717) is 25.2 Å². The zero-order valence-electron chi connectivity index (χ0n) is 10.9. The molecule has 0 aliphatic carbocycles. The third-order valence-electron chi connectivity index (χ3n) is 3.19. The molecule has 0 saturated carbocycles. The van der Waals surface area contributed by atoms with Gasteiger partial charge in [-0.25, -0.2) is 0 Å². The number of nitriles is 1. The van der Waals surface area contributed by atoms with Gasteiger partial charge in [0.05, 0.1) is 25.0 Å². The molecule has 1 heterocycles. The first-order valence-corrected chi connectivity index (χ1v) is 6.29. The number of nitrogens with one attached hydrogen (secondary N) is 1. The second kappa shape index (κ2) is 6.17. The van der Waals surface area contributed by atoms with Crippen LogP contribution in [0, 0.1) is 17.2 Å². The quantitative estimate of drug-likeness (QED) is 0.824. The number of carbonyl (C=O) groups excluding carboxylic acids is 1. The lowest BCUT2D eigenvalue weighted by molar-refractivity contribution is -0.148. The Bertz CT molecular complexity index is 542. The van der Waals surface area contributed by atoms with Gasteiger partial charge in [0.2, 0.25) is 5.91 Å². The SMILES string of the molecule is N#CCc1ccc(NC(=O)CN2CC(C(=O)O)C2)cc1. The van der Waals surface area contributed by atoms with Gasteiger partial charge < -0.3 is 10.4 Å². The Kier molecular flexibility index (Phi) is 4.33. The maximum atomic E-state index is 11.8. The molecule has 0 aromatic heterocycles. The number of carboxylic acids is 1. The van der Waals surface area contributed by atoms with Crippen LogP contribution in [0.25, 0.3) is 0 Å². The van der Waals surface area contributed by atoms with E-state index in [-0.39, 0.29) is 18.4 Å². The summed E-state index contributed by atoms with van der Waals surface area (Å²) in [5.41, 5.74) is 1.57. The molecule has 0 unspecified atom stereocenters. The fourth-order valence-corrected chi connectivity index (χ4v) is 2.06. The Labute approximate surface area is 116 Å². The van der Waals surface area contributed by atoms with Crippen molar-refractivity contribution in [1.29, 1.82) is 5.26 Å². The monoisotopic (exact) mass is 273 g/mol. The van der Waals surface area contributed by atoms with Gasteiger partial charge in [-0.05, 0) is 17.7 Å². The molecule has 2 rings (SSSR count). The lowest BCUT2D eigenvalue weighted by Crippen LogP contribution is -2.52. The first-order valence-electron chi connectivity index (χ1n) is 6.29. The van der Waals surface area contributed by atoms with Gasteiger partial charge in [0.1, 0.15) is 0 Å². The number of likely N-dealkylation sites (tertiary alicyclic amines) is 1. The van der Waals surface area contributed by atoms with Crippen molar-refractivity contribution in [2.75, 3.05) is 25.0 Å². The number of carbonyl (C=O) groups is 2. The maximum absolute atomic E-state index is 11.8. The summed E-state index contributed by atoms with van der Waals surface area (Å²) in [5, 5.41) is 20.0. The Hall–Kier alpha value is -2.39. The second-order valence-electron chi connectivity index (χ2n) is 4.81. The smallest absolute Gasteiger partial charge is 0.309 e. The van der Waals surface area contributed by atoms with Crippen molar-refractivity contribution in [3.05, 3.63) is 29.8 Å². The Morgan fingerprint density at radius 2 is 2.00 bits per heavy atom. The van der Waals surface area contributed by atoms with Crippen LogP contribution in [0.3, 0.4) is 0 Å². The summed E-state index contributed by atoms with van der Waals surface area (Å²) >= 11 is 0. The predicted octanol–water partition coefficient (Wildman–Crippen LogP) is 0.708. The largest absolute Gasteiger partial charge is 0.481 e. The normalized spacial score (nSPS) is 15.2. The molecule has 0 atom stereocenters. The van der Waals surface area contributed by atoms with Crippen LogP contribution in [-0.2, 0) is 16.0 Å². The molecule has 1 fully saturated rings. The third kappa shape index (κ3) is 3.56. The molecule has 1 amide bonds. The number of carboxylic acid groups (broad SMARTS) is 1. The number of aliphatic carboxylic acids is 1. The van der Waals surface area contributed by atoms with Crippen molar-refractivity contribution in [3.63, 3.8) is 0 Å². The van der Waals surface area contributed by atoms with Crippen LogP contribution >= 0.6 is 0 Å². The highest BCUT2D eigenvalue weighted by molar-refractivity contribution is 5.92. The minimum atomic E-state index is -0.810. The van der Waals surface area contributed by atoms with Gasteiger partial charge in [-0.2, -0.15) is 5.26 Å². The van der Waals surface area contributed by atoms with Gasteiger partial charge in [-0.3, -0.25) is 14.5 Å². The third-order valence-corrected chi connectivity index (χ3v) is 3.19. The van der Waals surface area contributed by atoms with Crippen molar-refractivity contribution >= 4 is 17.6 Å². The molecular formula is C14H15N3O3. The number of rotatable bonds is 5. The van der Waals surface area contributed by atoms with E-state index in [2.05, 4.69) is 11.4 Å². The van der Waals surface area contributed by atoms with Crippen molar-refractivity contribution in [2.45, 2.75) is 6.42 Å². The molecule has 1 aromatic carbocycles. The Balaban J connectivity index is 1.78. The average Bonchev–Trinajstić information content (AvgIpc) is 2.35. The summed E-state index contributed by atoms with van der Waals surface area (Å²) in [7, 11) is 0. The van der Waals surface area contributed by atoms with Crippen molar-refractivity contribution in [3.8, 4) is 6.07 Å². The molecule has 1 saturated heterocycles. The highest BCUT2D eigenvalue weighted by atomic mass is 16.4. The van der Waals surface area contributed by atoms with E-state index in [1.54, 1.807) is 29.2 Å². The molecule has 6 nitrogen and oxygen atoms in total. The highest BCUT2D eigenvalue weighted by Crippen LogP contribution is 2.15. The first kappa shape index (κ1) is 14.0. The molecule has 1 aliphatic rings. The molecule has 104 valence electrons. The molecule has 20 heavy (non-hydrogen) atoms. The van der Waals surface area contributed by atoms with E-state index in [1.807, 2.05) is 0 Å². The van der Waals surface area contributed by atoms with Gasteiger partial charge in [-0.1, -0.05) is 12.1 Å². The van der Waals surface area contributed by atoms with Crippen LogP contribution in [-0.4, -0.2) is 41.5 Å². The number of hydrogen-bond acceptors (Lipinski definition) is 4. The predicted molar refractivity (Wildman–Crippen MR) is 72.0 cm³/mol. The Morgan fingerprint density at radius 3 is 2.55 bits per heavy atom. The lowest BCUT2D eigenvalue weighted by Gasteiger charge is -2.35. The Morgan fingerprint density at radius 1 is 1.35 bits per heavy atom. The standard InChI is InChI=1S/C14H15N3O3/c15-6-5-10-1-3-12(4-2-10)16-13(18)9-17-7-11(8-17)14(19)20/h1-4,11H,5,7-9H2,(H,16,18)(H,19,20). The van der Waals surface area contributed by atoms with Gasteiger partial charge in [0.15, 0.2) is 0 Å². The minimum absolute atomic E-state index is 0.165. The fourth-order valence-electron chi connectivity index (χ4n) is 2.06. The molecular weight excluding hydrogens is 258 g/mol. The molecule has 1 aromatic rings. The van der Waals surface area contributed by atoms with E-state index < -0.39 is 5.97 Å². The average molecular weight is 273 g/mol. The summed E-state index contributed by atoms with van der Waals surface area (Å²) in [6.07, 6.45) is 0.346. The van der Waals surface area contributed by atoms with Crippen molar-refractivity contribution in [2.24, 2.45) is 5.92 Å². The molecule has 2 N–H and O–H groups in total. The van der Waals surface area contributed by atoms with Crippen molar-refractivity contribution in [1.82, 2.24) is 4.90 Å². The first-order chi connectivity index (χ1) is 9.58. The number of anilines is 1. The van der Waals surface area contributed by atoms with E-state index in [9.17, 15) is 9.59 Å². The van der Waals surface area contributed by atoms with Crippen LogP contribution in [0.2, 0.25) is 0 Å². The van der Waals surface area contributed by atoms with E-state index in [0.717, 1.165) is 5.56 Å². The highest BCUT2D eigenvalue weighted by Gasteiger charge is 2.33. The number of benzene rings is 1. The van der Waals surface area contributed by atoms with Crippen LogP contribution in [0.5, 0.6) is 0 Å².